The molecule has 0 spiro atoms. The van der Waals surface area contributed by atoms with Crippen LogP contribution >= 0.6 is 11.3 Å². The van der Waals surface area contributed by atoms with Gasteiger partial charge in [0.25, 0.3) is 0 Å². The Balaban J connectivity index is 1.25. The van der Waals surface area contributed by atoms with E-state index in [0.717, 1.165) is 48.3 Å². The van der Waals surface area contributed by atoms with Crippen molar-refractivity contribution in [3.63, 3.8) is 0 Å². The quantitative estimate of drug-likeness (QED) is 0.390. The lowest BCUT2D eigenvalue weighted by atomic mass is 10.2. The first-order valence-electron chi connectivity index (χ1n) is 11.0. The zero-order chi connectivity index (χ0) is 22.8. The molecule has 2 heterocycles. The molecule has 0 saturated heterocycles. The molecule has 1 aliphatic rings. The van der Waals surface area contributed by atoms with Crippen LogP contribution in [0.25, 0.3) is 10.2 Å². The monoisotopic (exact) mass is 479 g/mol. The van der Waals surface area contributed by atoms with Crippen LogP contribution in [0.5, 0.6) is 0 Å². The number of rotatable bonds is 8. The van der Waals surface area contributed by atoms with Gasteiger partial charge in [0.2, 0.25) is 10.0 Å². The highest BCUT2D eigenvalue weighted by Crippen LogP contribution is 2.27. The average Bonchev–Trinajstić information content (AvgIpc) is 3.37. The average molecular weight is 480 g/mol. The third-order valence-electron chi connectivity index (χ3n) is 6.01. The summed E-state index contributed by atoms with van der Waals surface area (Å²) in [5.74, 6) is 0. The van der Waals surface area contributed by atoms with Gasteiger partial charge in [0.05, 0.1) is 21.7 Å². The topological polar surface area (TPSA) is 71.4 Å². The molecule has 8 heteroatoms. The van der Waals surface area contributed by atoms with E-state index < -0.39 is 10.0 Å². The third-order valence-corrected chi connectivity index (χ3v) is 8.41. The van der Waals surface area contributed by atoms with E-state index in [2.05, 4.69) is 27.8 Å². The van der Waals surface area contributed by atoms with E-state index in [1.54, 1.807) is 22.8 Å². The molecule has 0 amide bonds. The van der Waals surface area contributed by atoms with Crippen molar-refractivity contribution in [2.75, 3.05) is 24.5 Å². The third kappa shape index (κ3) is 4.59. The Hall–Kier alpha value is -2.94. The van der Waals surface area contributed by atoms with E-state index >= 15 is 0 Å². The summed E-state index contributed by atoms with van der Waals surface area (Å²) >= 11 is 1.08. The molecule has 1 aromatic heterocycles. The van der Waals surface area contributed by atoms with Crippen LogP contribution in [0.1, 0.15) is 17.5 Å². The molecule has 6 nitrogen and oxygen atoms in total. The maximum atomic E-state index is 12.8. The van der Waals surface area contributed by atoms with Gasteiger partial charge in [-0.3, -0.25) is 9.36 Å². The van der Waals surface area contributed by atoms with Gasteiger partial charge in [-0.15, -0.1) is 0 Å². The van der Waals surface area contributed by atoms with Gasteiger partial charge in [-0.05, 0) is 48.2 Å². The first-order chi connectivity index (χ1) is 16.0. The van der Waals surface area contributed by atoms with Crippen LogP contribution in [0.4, 0.5) is 5.69 Å². The maximum Gasteiger partial charge on any atom is 0.308 e. The van der Waals surface area contributed by atoms with E-state index in [0.29, 0.717) is 17.8 Å². The molecular formula is C25H25N3O3S2. The van der Waals surface area contributed by atoms with Crippen LogP contribution in [-0.2, 0) is 23.0 Å². The van der Waals surface area contributed by atoms with Crippen molar-refractivity contribution >= 4 is 37.3 Å². The molecule has 5 rings (SSSR count). The summed E-state index contributed by atoms with van der Waals surface area (Å²) in [4.78, 5) is 14.9. The summed E-state index contributed by atoms with van der Waals surface area (Å²) in [6.07, 6.45) is 1.76. The molecule has 0 bridgehead atoms. The smallest absolute Gasteiger partial charge is 0.308 e. The van der Waals surface area contributed by atoms with Crippen LogP contribution in [0.2, 0.25) is 0 Å². The van der Waals surface area contributed by atoms with E-state index in [-0.39, 0.29) is 9.77 Å². The number of anilines is 1. The predicted octanol–water partition coefficient (Wildman–Crippen LogP) is 3.84. The number of sulfonamides is 1. The SMILES string of the molecule is O=c1sc2cc(S(=O)(=O)NCCCN3CCc4ccccc43)ccc2n1Cc1ccccc1. The molecule has 170 valence electrons. The molecular weight excluding hydrogens is 454 g/mol. The number of thiazole rings is 1. The van der Waals surface area contributed by atoms with Crippen LogP contribution in [0, 0.1) is 0 Å². The number of hydrogen-bond donors (Lipinski definition) is 1. The van der Waals surface area contributed by atoms with Gasteiger partial charge in [0.15, 0.2) is 0 Å². The lowest BCUT2D eigenvalue weighted by Gasteiger charge is -2.19. The first-order valence-corrected chi connectivity index (χ1v) is 13.3. The molecule has 3 aromatic carbocycles. The minimum absolute atomic E-state index is 0.0951. The lowest BCUT2D eigenvalue weighted by molar-refractivity contribution is 0.578. The predicted molar refractivity (Wildman–Crippen MR) is 134 cm³/mol. The second-order valence-corrected chi connectivity index (χ2v) is 10.9. The van der Waals surface area contributed by atoms with Crippen molar-refractivity contribution in [1.29, 1.82) is 0 Å². The van der Waals surface area contributed by atoms with Gasteiger partial charge >= 0.3 is 4.87 Å². The number of fused-ring (bicyclic) bond motifs is 2. The van der Waals surface area contributed by atoms with E-state index in [4.69, 9.17) is 0 Å². The molecule has 0 fully saturated rings. The number of hydrogen-bond acceptors (Lipinski definition) is 5. The lowest BCUT2D eigenvalue weighted by Crippen LogP contribution is -2.29. The second kappa shape index (κ2) is 9.13. The molecule has 4 aromatic rings. The molecule has 0 aliphatic carbocycles. The van der Waals surface area contributed by atoms with Gasteiger partial charge in [0.1, 0.15) is 0 Å². The van der Waals surface area contributed by atoms with E-state index in [1.165, 1.54) is 11.3 Å². The van der Waals surface area contributed by atoms with Gasteiger partial charge in [0, 0.05) is 25.3 Å². The molecule has 0 saturated carbocycles. The zero-order valence-electron chi connectivity index (χ0n) is 18.1. The van der Waals surface area contributed by atoms with Crippen LogP contribution < -0.4 is 14.5 Å². The fourth-order valence-electron chi connectivity index (χ4n) is 4.33. The molecule has 1 aliphatic heterocycles. The van der Waals surface area contributed by atoms with Crippen molar-refractivity contribution in [3.05, 3.63) is 93.6 Å². The summed E-state index contributed by atoms with van der Waals surface area (Å²) in [6, 6.07) is 23.0. The summed E-state index contributed by atoms with van der Waals surface area (Å²) in [7, 11) is -3.64. The highest BCUT2D eigenvalue weighted by molar-refractivity contribution is 7.89. The Kier molecular flexibility index (Phi) is 6.05. The maximum absolute atomic E-state index is 12.8. The number of nitrogens with zero attached hydrogens (tertiary/aromatic N) is 2. The highest BCUT2D eigenvalue weighted by atomic mass is 32.2. The molecule has 1 N–H and O–H groups in total. The first kappa shape index (κ1) is 21.9. The second-order valence-electron chi connectivity index (χ2n) is 8.19. The van der Waals surface area contributed by atoms with Crippen molar-refractivity contribution in [2.24, 2.45) is 0 Å². The van der Waals surface area contributed by atoms with Crippen molar-refractivity contribution in [3.8, 4) is 0 Å². The Bertz CT molecular complexity index is 1440. The Morgan fingerprint density at radius 3 is 2.61 bits per heavy atom. The van der Waals surface area contributed by atoms with Gasteiger partial charge in [-0.1, -0.05) is 59.9 Å². The van der Waals surface area contributed by atoms with Crippen molar-refractivity contribution < 1.29 is 8.42 Å². The minimum Gasteiger partial charge on any atom is -0.371 e. The summed E-state index contributed by atoms with van der Waals surface area (Å²) in [5, 5.41) is 0. The van der Waals surface area contributed by atoms with Crippen LogP contribution in [0.15, 0.2) is 82.5 Å². The largest absolute Gasteiger partial charge is 0.371 e. The molecule has 33 heavy (non-hydrogen) atoms. The summed E-state index contributed by atoms with van der Waals surface area (Å²) < 4.78 is 30.8. The minimum atomic E-state index is -3.64. The fraction of sp³-hybridized carbons (Fsp3) is 0.240. The highest BCUT2D eigenvalue weighted by Gasteiger charge is 2.19. The van der Waals surface area contributed by atoms with E-state index in [9.17, 15) is 13.2 Å². The van der Waals surface area contributed by atoms with Crippen molar-refractivity contribution in [2.45, 2.75) is 24.3 Å². The summed E-state index contributed by atoms with van der Waals surface area (Å²) in [5.41, 5.74) is 4.38. The zero-order valence-corrected chi connectivity index (χ0v) is 19.7. The standard InChI is InChI=1S/C25H25N3O3S2/c29-25-28(18-19-7-2-1-3-8-19)23-12-11-21(17-24(23)32-25)33(30,31)26-14-6-15-27-16-13-20-9-4-5-10-22(20)27/h1-5,7-12,17,26H,6,13-16,18H2. The summed E-state index contributed by atoms with van der Waals surface area (Å²) in [6.45, 7) is 2.61. The van der Waals surface area contributed by atoms with Gasteiger partial charge in [-0.25, -0.2) is 13.1 Å². The van der Waals surface area contributed by atoms with Crippen LogP contribution in [-0.4, -0.2) is 32.6 Å². The van der Waals surface area contributed by atoms with E-state index in [1.807, 2.05) is 36.4 Å². The normalized spacial score (nSPS) is 13.5. The Morgan fingerprint density at radius 1 is 0.970 bits per heavy atom. The molecule has 0 radical (unpaired) electrons. The molecule has 0 atom stereocenters. The number of para-hydroxylation sites is 1. The van der Waals surface area contributed by atoms with Gasteiger partial charge < -0.3 is 4.90 Å². The number of aromatic nitrogens is 1. The van der Waals surface area contributed by atoms with Crippen molar-refractivity contribution in [1.82, 2.24) is 9.29 Å². The number of nitrogens with one attached hydrogen (secondary N) is 1. The molecule has 0 unspecified atom stereocenters. The van der Waals surface area contributed by atoms with Gasteiger partial charge in [-0.2, -0.15) is 0 Å². The number of benzene rings is 3. The Morgan fingerprint density at radius 2 is 1.76 bits per heavy atom. The Labute approximate surface area is 197 Å². The fourth-order valence-corrected chi connectivity index (χ4v) is 6.43. The van der Waals surface area contributed by atoms with Crippen LogP contribution in [0.3, 0.4) is 0 Å².